The van der Waals surface area contributed by atoms with Gasteiger partial charge in [0.05, 0.1) is 12.2 Å². The molecule has 0 radical (unpaired) electrons. The summed E-state index contributed by atoms with van der Waals surface area (Å²) in [5.41, 5.74) is -0.289. The lowest BCUT2D eigenvalue weighted by Gasteiger charge is -2.13. The van der Waals surface area contributed by atoms with Crippen molar-refractivity contribution >= 4 is 28.1 Å². The molecule has 0 aliphatic carbocycles. The number of rotatable bonds is 3. The molecule has 21 heavy (non-hydrogen) atoms. The van der Waals surface area contributed by atoms with E-state index in [0.717, 1.165) is 6.07 Å². The van der Waals surface area contributed by atoms with Gasteiger partial charge in [-0.15, -0.1) is 0 Å². The Morgan fingerprint density at radius 2 is 2.05 bits per heavy atom. The second-order valence-corrected chi connectivity index (χ2v) is 5.55. The van der Waals surface area contributed by atoms with Gasteiger partial charge in [0, 0.05) is 22.8 Å². The third kappa shape index (κ3) is 3.90. The van der Waals surface area contributed by atoms with E-state index in [2.05, 4.69) is 25.9 Å². The summed E-state index contributed by atoms with van der Waals surface area (Å²) < 4.78 is 44.9. The van der Waals surface area contributed by atoms with E-state index in [1.165, 1.54) is 19.2 Å². The Morgan fingerprint density at radius 3 is 2.67 bits per heavy atom. The molecule has 1 aromatic carbocycles. The van der Waals surface area contributed by atoms with Crippen LogP contribution >= 0.6 is 28.1 Å². The average Bonchev–Trinajstić information content (AvgIpc) is 2.37. The minimum absolute atomic E-state index is 0.0604. The lowest BCUT2D eigenvalue weighted by atomic mass is 10.1. The Labute approximate surface area is 132 Å². The normalized spacial score (nSPS) is 11.7. The highest BCUT2D eigenvalue weighted by molar-refractivity contribution is 9.10. The third-order valence-corrected chi connectivity index (χ3v) is 3.34. The van der Waals surface area contributed by atoms with Crippen LogP contribution in [0.3, 0.4) is 0 Å². The maximum absolute atomic E-state index is 13.1. The molecular weight excluding hydrogens is 369 g/mol. The van der Waals surface area contributed by atoms with Gasteiger partial charge in [-0.1, -0.05) is 28.1 Å². The van der Waals surface area contributed by atoms with Crippen molar-refractivity contribution < 1.29 is 17.9 Å². The standard InChI is InChI=1S/C13H10BrF3N2OS/c1-20-6-8-5-11(21)19-12(18-8)9-3-2-7(14)4-10(9)13(15,16)17/h2-5H,6H2,1H3,(H,18,19,21). The molecule has 0 spiro atoms. The van der Waals surface area contributed by atoms with E-state index >= 15 is 0 Å². The number of ether oxygens (including phenoxy) is 1. The minimum Gasteiger partial charge on any atom is -0.378 e. The van der Waals surface area contributed by atoms with E-state index in [9.17, 15) is 13.2 Å². The molecule has 0 unspecified atom stereocenters. The van der Waals surface area contributed by atoms with E-state index < -0.39 is 11.7 Å². The van der Waals surface area contributed by atoms with Crippen molar-refractivity contribution in [1.29, 1.82) is 0 Å². The molecule has 8 heteroatoms. The molecule has 112 valence electrons. The van der Waals surface area contributed by atoms with Crippen LogP contribution in [-0.4, -0.2) is 17.1 Å². The summed E-state index contributed by atoms with van der Waals surface area (Å²) in [6, 6.07) is 5.43. The fourth-order valence-electron chi connectivity index (χ4n) is 1.83. The first-order valence-corrected chi connectivity index (χ1v) is 6.97. The number of hydrogen-bond donors (Lipinski definition) is 1. The van der Waals surface area contributed by atoms with Crippen LogP contribution in [0.25, 0.3) is 11.4 Å². The Hall–Kier alpha value is -1.25. The fraction of sp³-hybridized carbons (Fsp3) is 0.231. The van der Waals surface area contributed by atoms with Crippen LogP contribution in [0.4, 0.5) is 13.2 Å². The van der Waals surface area contributed by atoms with Crippen LogP contribution in [0.1, 0.15) is 11.3 Å². The van der Waals surface area contributed by atoms with Crippen molar-refractivity contribution in [2.75, 3.05) is 7.11 Å². The quantitative estimate of drug-likeness (QED) is 0.784. The number of hydrogen-bond acceptors (Lipinski definition) is 3. The average molecular weight is 379 g/mol. The SMILES string of the molecule is COCc1cc(=S)nc(-c2ccc(Br)cc2C(F)(F)F)[nH]1. The van der Waals surface area contributed by atoms with Crippen molar-refractivity contribution in [2.45, 2.75) is 12.8 Å². The molecule has 0 amide bonds. The van der Waals surface area contributed by atoms with E-state index in [0.29, 0.717) is 10.2 Å². The molecule has 0 aliphatic heterocycles. The van der Waals surface area contributed by atoms with Gasteiger partial charge in [0.1, 0.15) is 10.5 Å². The fourth-order valence-corrected chi connectivity index (χ4v) is 2.42. The predicted octanol–water partition coefficient (Wildman–Crippen LogP) is 4.73. The molecule has 1 N–H and O–H groups in total. The van der Waals surface area contributed by atoms with Crippen LogP contribution in [0.2, 0.25) is 0 Å². The third-order valence-electron chi connectivity index (χ3n) is 2.64. The molecule has 2 aromatic rings. The summed E-state index contributed by atoms with van der Waals surface area (Å²) in [6.45, 7) is 0.205. The number of H-pyrrole nitrogens is 1. The Balaban J connectivity index is 2.64. The molecule has 2 rings (SSSR count). The van der Waals surface area contributed by atoms with Crippen molar-refractivity contribution in [3.8, 4) is 11.4 Å². The maximum Gasteiger partial charge on any atom is 0.417 e. The van der Waals surface area contributed by atoms with E-state index in [1.807, 2.05) is 0 Å². The Kier molecular flexibility index (Phi) is 4.80. The topological polar surface area (TPSA) is 37.9 Å². The summed E-state index contributed by atoms with van der Waals surface area (Å²) >= 11 is 8.03. The molecule has 1 aromatic heterocycles. The van der Waals surface area contributed by atoms with Crippen molar-refractivity contribution in [3.05, 3.63) is 44.6 Å². The zero-order valence-electron chi connectivity index (χ0n) is 10.8. The summed E-state index contributed by atoms with van der Waals surface area (Å²) in [7, 11) is 1.48. The van der Waals surface area contributed by atoms with Gasteiger partial charge < -0.3 is 9.72 Å². The number of nitrogens with zero attached hydrogens (tertiary/aromatic N) is 1. The monoisotopic (exact) mass is 378 g/mol. The number of aromatic nitrogens is 2. The zero-order chi connectivity index (χ0) is 15.6. The molecule has 0 atom stereocenters. The number of benzene rings is 1. The van der Waals surface area contributed by atoms with Gasteiger partial charge in [-0.3, -0.25) is 0 Å². The number of alkyl halides is 3. The van der Waals surface area contributed by atoms with E-state index in [4.69, 9.17) is 17.0 Å². The van der Waals surface area contributed by atoms with Gasteiger partial charge in [0.2, 0.25) is 0 Å². The molecule has 0 aliphatic rings. The van der Waals surface area contributed by atoms with Crippen molar-refractivity contribution in [3.63, 3.8) is 0 Å². The molecular formula is C13H10BrF3N2OS. The summed E-state index contributed by atoms with van der Waals surface area (Å²) in [5, 5.41) is 0. The number of aromatic amines is 1. The Bertz CT molecular complexity index is 715. The van der Waals surface area contributed by atoms with Crippen LogP contribution < -0.4 is 0 Å². The van der Waals surface area contributed by atoms with Crippen LogP contribution in [0, 0.1) is 4.64 Å². The highest BCUT2D eigenvalue weighted by Gasteiger charge is 2.34. The highest BCUT2D eigenvalue weighted by atomic mass is 79.9. The van der Waals surface area contributed by atoms with Gasteiger partial charge in [0.25, 0.3) is 0 Å². The Morgan fingerprint density at radius 1 is 1.33 bits per heavy atom. The first-order valence-electron chi connectivity index (χ1n) is 5.77. The van der Waals surface area contributed by atoms with Crippen LogP contribution in [0.5, 0.6) is 0 Å². The molecule has 0 bridgehead atoms. The van der Waals surface area contributed by atoms with Crippen molar-refractivity contribution in [2.24, 2.45) is 0 Å². The number of methoxy groups -OCH3 is 1. The van der Waals surface area contributed by atoms with E-state index in [1.54, 1.807) is 6.07 Å². The van der Waals surface area contributed by atoms with Gasteiger partial charge in [0.15, 0.2) is 0 Å². The van der Waals surface area contributed by atoms with Gasteiger partial charge in [-0.05, 0) is 24.3 Å². The largest absolute Gasteiger partial charge is 0.417 e. The molecule has 0 fully saturated rings. The van der Waals surface area contributed by atoms with Gasteiger partial charge in [-0.2, -0.15) is 13.2 Å². The first kappa shape index (κ1) is 16.1. The number of nitrogens with one attached hydrogen (secondary N) is 1. The van der Waals surface area contributed by atoms with Crippen molar-refractivity contribution in [1.82, 2.24) is 9.97 Å². The predicted molar refractivity (Wildman–Crippen MR) is 78.3 cm³/mol. The molecule has 0 saturated carbocycles. The molecule has 0 saturated heterocycles. The minimum atomic E-state index is -4.49. The van der Waals surface area contributed by atoms with Gasteiger partial charge >= 0.3 is 6.18 Å². The highest BCUT2D eigenvalue weighted by Crippen LogP contribution is 2.37. The van der Waals surface area contributed by atoms with E-state index in [-0.39, 0.29) is 22.6 Å². The smallest absolute Gasteiger partial charge is 0.378 e. The zero-order valence-corrected chi connectivity index (χ0v) is 13.2. The summed E-state index contributed by atoms with van der Waals surface area (Å²) in [4.78, 5) is 6.79. The summed E-state index contributed by atoms with van der Waals surface area (Å²) in [5.74, 6) is 0.0642. The number of halogens is 4. The second kappa shape index (κ2) is 6.25. The van der Waals surface area contributed by atoms with Crippen LogP contribution in [-0.2, 0) is 17.5 Å². The lowest BCUT2D eigenvalue weighted by molar-refractivity contribution is -0.137. The lowest BCUT2D eigenvalue weighted by Crippen LogP contribution is -2.09. The molecule has 3 nitrogen and oxygen atoms in total. The molecule has 1 heterocycles. The van der Waals surface area contributed by atoms with Crippen LogP contribution in [0.15, 0.2) is 28.7 Å². The first-order chi connectivity index (χ1) is 9.81. The second-order valence-electron chi connectivity index (χ2n) is 4.21. The summed E-state index contributed by atoms with van der Waals surface area (Å²) in [6.07, 6.45) is -4.49. The maximum atomic E-state index is 13.1. The van der Waals surface area contributed by atoms with Gasteiger partial charge in [-0.25, -0.2) is 4.98 Å².